The molecule has 0 radical (unpaired) electrons. The molecule has 0 aliphatic heterocycles. The Kier molecular flexibility index (Phi) is 6.17. The summed E-state index contributed by atoms with van der Waals surface area (Å²) in [5.41, 5.74) is 0.669. The maximum Gasteiger partial charge on any atom is 0.186 e. The van der Waals surface area contributed by atoms with Gasteiger partial charge in [0, 0.05) is 20.3 Å². The van der Waals surface area contributed by atoms with Crippen molar-refractivity contribution in [3.05, 3.63) is 17.7 Å². The van der Waals surface area contributed by atoms with E-state index in [-0.39, 0.29) is 0 Å². The van der Waals surface area contributed by atoms with Crippen molar-refractivity contribution in [2.75, 3.05) is 49.8 Å². The molecule has 2 aromatic carbocycles. The Labute approximate surface area is 147 Å². The van der Waals surface area contributed by atoms with Gasteiger partial charge in [-0.15, -0.1) is 0 Å². The Morgan fingerprint density at radius 3 is 1.48 bits per heavy atom. The molecule has 0 aliphatic carbocycles. The summed E-state index contributed by atoms with van der Waals surface area (Å²) in [6.45, 7) is 0. The van der Waals surface area contributed by atoms with Crippen LogP contribution in [-0.2, 0) is 9.47 Å². The summed E-state index contributed by atoms with van der Waals surface area (Å²) in [5.74, 6) is 2.69. The van der Waals surface area contributed by atoms with Crippen LogP contribution in [0.25, 0.3) is 10.8 Å². The normalized spacial score (nSPS) is 10.9. The average Bonchev–Trinajstić information content (AvgIpc) is 2.66. The summed E-state index contributed by atoms with van der Waals surface area (Å²) in [6.07, 6.45) is -0.633. The fraction of sp³-hybridized carbons (Fsp3) is 0.444. The van der Waals surface area contributed by atoms with Crippen molar-refractivity contribution < 1.29 is 33.2 Å². The van der Waals surface area contributed by atoms with Crippen LogP contribution in [0.1, 0.15) is 11.9 Å². The second-order valence-electron chi connectivity index (χ2n) is 5.07. The first kappa shape index (κ1) is 19.0. The van der Waals surface area contributed by atoms with E-state index in [0.29, 0.717) is 45.1 Å². The molecule has 0 saturated heterocycles. The zero-order valence-corrected chi connectivity index (χ0v) is 15.6. The van der Waals surface area contributed by atoms with Crippen molar-refractivity contribution in [2.45, 2.75) is 6.29 Å². The molecule has 0 aliphatic rings. The molecule has 7 heteroatoms. The number of hydrogen-bond donors (Lipinski definition) is 0. The van der Waals surface area contributed by atoms with Crippen LogP contribution in [0, 0.1) is 0 Å². The van der Waals surface area contributed by atoms with Crippen molar-refractivity contribution in [3.63, 3.8) is 0 Å². The summed E-state index contributed by atoms with van der Waals surface area (Å²) >= 11 is 0. The molecule has 0 N–H and O–H groups in total. The lowest BCUT2D eigenvalue weighted by atomic mass is 10.0. The minimum atomic E-state index is -0.633. The van der Waals surface area contributed by atoms with Crippen LogP contribution in [0.2, 0.25) is 0 Å². The quantitative estimate of drug-likeness (QED) is 0.676. The molecular weight excluding hydrogens is 328 g/mol. The largest absolute Gasteiger partial charge is 0.496 e. The Hall–Kier alpha value is -2.38. The summed E-state index contributed by atoms with van der Waals surface area (Å²) in [6, 6.07) is 3.53. The van der Waals surface area contributed by atoms with E-state index in [4.69, 9.17) is 33.2 Å². The fourth-order valence-corrected chi connectivity index (χ4v) is 2.92. The highest BCUT2D eigenvalue weighted by atomic mass is 16.7. The van der Waals surface area contributed by atoms with E-state index in [1.54, 1.807) is 61.9 Å². The number of ether oxygens (including phenoxy) is 7. The Bertz CT molecular complexity index is 738. The molecule has 138 valence electrons. The summed E-state index contributed by atoms with van der Waals surface area (Å²) in [7, 11) is 11.0. The van der Waals surface area contributed by atoms with E-state index in [2.05, 4.69) is 0 Å². The van der Waals surface area contributed by atoms with Crippen LogP contribution in [0.15, 0.2) is 12.1 Å². The monoisotopic (exact) mass is 352 g/mol. The third kappa shape index (κ3) is 3.12. The van der Waals surface area contributed by atoms with E-state index in [0.717, 1.165) is 0 Å². The van der Waals surface area contributed by atoms with E-state index >= 15 is 0 Å². The van der Waals surface area contributed by atoms with E-state index in [1.807, 2.05) is 0 Å². The number of benzene rings is 2. The topological polar surface area (TPSA) is 64.6 Å². The van der Waals surface area contributed by atoms with E-state index < -0.39 is 6.29 Å². The van der Waals surface area contributed by atoms with Gasteiger partial charge >= 0.3 is 0 Å². The molecule has 25 heavy (non-hydrogen) atoms. The number of methoxy groups -OCH3 is 7. The summed E-state index contributed by atoms with van der Waals surface area (Å²) in [5, 5.41) is 1.35. The molecule has 0 unspecified atom stereocenters. The van der Waals surface area contributed by atoms with Gasteiger partial charge in [-0.1, -0.05) is 0 Å². The molecule has 0 aromatic heterocycles. The highest BCUT2D eigenvalue weighted by Crippen LogP contribution is 2.51. The van der Waals surface area contributed by atoms with Gasteiger partial charge in [0.25, 0.3) is 0 Å². The van der Waals surface area contributed by atoms with Crippen molar-refractivity contribution in [3.8, 4) is 28.7 Å². The van der Waals surface area contributed by atoms with Crippen molar-refractivity contribution in [1.82, 2.24) is 0 Å². The minimum Gasteiger partial charge on any atom is -0.496 e. The molecule has 0 fully saturated rings. The number of rotatable bonds is 8. The van der Waals surface area contributed by atoms with Gasteiger partial charge in [0.15, 0.2) is 17.8 Å². The predicted octanol–water partition coefficient (Wildman–Crippen LogP) is 3.17. The van der Waals surface area contributed by atoms with Gasteiger partial charge in [0.1, 0.15) is 17.2 Å². The number of fused-ring (bicyclic) bond motifs is 1. The lowest BCUT2D eigenvalue weighted by Gasteiger charge is -2.23. The molecule has 0 bridgehead atoms. The Balaban J connectivity index is 3.04. The molecular formula is C18H24O7. The van der Waals surface area contributed by atoms with Gasteiger partial charge < -0.3 is 33.2 Å². The fourth-order valence-electron chi connectivity index (χ4n) is 2.92. The Morgan fingerprint density at radius 1 is 0.560 bits per heavy atom. The standard InChI is InChI=1S/C18H24O7/c1-19-11-8-10(18(24-6)25-7)16(22-4)14-12(20-2)9-13(21-3)17(23-5)15(11)14/h8-9,18H,1-7H3. The average molecular weight is 352 g/mol. The molecule has 0 atom stereocenters. The molecule has 0 saturated carbocycles. The highest BCUT2D eigenvalue weighted by molar-refractivity contribution is 6.04. The van der Waals surface area contributed by atoms with Crippen LogP contribution in [0.5, 0.6) is 28.7 Å². The zero-order valence-electron chi connectivity index (χ0n) is 15.6. The van der Waals surface area contributed by atoms with Gasteiger partial charge in [-0.05, 0) is 6.07 Å². The van der Waals surface area contributed by atoms with Crippen LogP contribution >= 0.6 is 0 Å². The SMILES string of the molecule is COc1cc(OC)c2c(OC)c(C(OC)OC)cc(OC)c2c1OC. The van der Waals surface area contributed by atoms with Gasteiger partial charge in [0.05, 0.1) is 51.9 Å². The molecule has 2 rings (SSSR count). The first-order valence-electron chi connectivity index (χ1n) is 7.54. The van der Waals surface area contributed by atoms with Crippen LogP contribution in [-0.4, -0.2) is 49.8 Å². The van der Waals surface area contributed by atoms with Gasteiger partial charge in [-0.25, -0.2) is 0 Å². The third-order valence-electron chi connectivity index (χ3n) is 3.98. The Morgan fingerprint density at radius 2 is 1.04 bits per heavy atom. The minimum absolute atomic E-state index is 0.520. The second kappa shape index (κ2) is 8.13. The lowest BCUT2D eigenvalue weighted by molar-refractivity contribution is -0.106. The first-order chi connectivity index (χ1) is 12.1. The van der Waals surface area contributed by atoms with Gasteiger partial charge in [0.2, 0.25) is 0 Å². The van der Waals surface area contributed by atoms with E-state index in [1.165, 1.54) is 0 Å². The van der Waals surface area contributed by atoms with Gasteiger partial charge in [-0.2, -0.15) is 0 Å². The second-order valence-corrected chi connectivity index (χ2v) is 5.07. The van der Waals surface area contributed by atoms with Crippen LogP contribution in [0.4, 0.5) is 0 Å². The highest BCUT2D eigenvalue weighted by Gasteiger charge is 2.27. The molecule has 0 spiro atoms. The lowest BCUT2D eigenvalue weighted by Crippen LogP contribution is -2.08. The van der Waals surface area contributed by atoms with Crippen molar-refractivity contribution >= 4 is 10.8 Å². The zero-order chi connectivity index (χ0) is 18.6. The molecule has 7 nitrogen and oxygen atoms in total. The van der Waals surface area contributed by atoms with Crippen molar-refractivity contribution in [2.24, 2.45) is 0 Å². The summed E-state index contributed by atoms with van der Waals surface area (Å²) < 4.78 is 38.6. The van der Waals surface area contributed by atoms with Crippen LogP contribution < -0.4 is 23.7 Å². The summed E-state index contributed by atoms with van der Waals surface area (Å²) in [4.78, 5) is 0. The van der Waals surface area contributed by atoms with Crippen LogP contribution in [0.3, 0.4) is 0 Å². The first-order valence-corrected chi connectivity index (χ1v) is 7.54. The third-order valence-corrected chi connectivity index (χ3v) is 3.98. The smallest absolute Gasteiger partial charge is 0.186 e. The molecule has 2 aromatic rings. The maximum atomic E-state index is 5.67. The maximum absolute atomic E-state index is 5.67. The number of hydrogen-bond acceptors (Lipinski definition) is 7. The van der Waals surface area contributed by atoms with E-state index in [9.17, 15) is 0 Å². The predicted molar refractivity (Wildman–Crippen MR) is 93.5 cm³/mol. The van der Waals surface area contributed by atoms with Crippen molar-refractivity contribution in [1.29, 1.82) is 0 Å². The van der Waals surface area contributed by atoms with Gasteiger partial charge in [-0.3, -0.25) is 0 Å². The molecule has 0 amide bonds. The molecule has 0 heterocycles.